The lowest BCUT2D eigenvalue weighted by Crippen LogP contribution is -2.32. The lowest BCUT2D eigenvalue weighted by atomic mass is 9.97. The van der Waals surface area contributed by atoms with Crippen molar-refractivity contribution < 1.29 is 13.5 Å². The zero-order chi connectivity index (χ0) is 14.8. The molecule has 2 unspecified atom stereocenters. The first-order chi connectivity index (χ1) is 9.44. The third kappa shape index (κ3) is 3.40. The Morgan fingerprint density at radius 1 is 1.25 bits per heavy atom. The van der Waals surface area contributed by atoms with Gasteiger partial charge in [-0.05, 0) is 55.7 Å². The quantitative estimate of drug-likeness (QED) is 0.873. The second-order valence-corrected chi connectivity index (χ2v) is 7.49. The average Bonchev–Trinajstić information content (AvgIpc) is 2.86. The Morgan fingerprint density at radius 3 is 2.65 bits per heavy atom. The molecule has 1 saturated carbocycles. The molecule has 4 nitrogen and oxygen atoms in total. The summed E-state index contributed by atoms with van der Waals surface area (Å²) < 4.78 is 27.5. The van der Waals surface area contributed by atoms with Crippen molar-refractivity contribution in [3.8, 4) is 0 Å². The summed E-state index contributed by atoms with van der Waals surface area (Å²) in [5.74, 6) is 0.483. The summed E-state index contributed by atoms with van der Waals surface area (Å²) in [6.45, 7) is 4.26. The highest BCUT2D eigenvalue weighted by Gasteiger charge is 2.28. The van der Waals surface area contributed by atoms with Gasteiger partial charge in [0, 0.05) is 13.2 Å². The molecule has 0 radical (unpaired) electrons. The monoisotopic (exact) mass is 297 g/mol. The van der Waals surface area contributed by atoms with E-state index in [0.717, 1.165) is 30.4 Å². The van der Waals surface area contributed by atoms with Gasteiger partial charge in [0.2, 0.25) is 10.0 Å². The zero-order valence-corrected chi connectivity index (χ0v) is 12.9. The second-order valence-electron chi connectivity index (χ2n) is 5.75. The van der Waals surface area contributed by atoms with Crippen LogP contribution in [0.2, 0.25) is 0 Å². The maximum atomic E-state index is 12.4. The summed E-state index contributed by atoms with van der Waals surface area (Å²) >= 11 is 0. The predicted molar refractivity (Wildman–Crippen MR) is 79.0 cm³/mol. The van der Waals surface area contributed by atoms with Crippen LogP contribution in [0.15, 0.2) is 23.1 Å². The number of aliphatic hydroxyl groups excluding tert-OH is 1. The summed E-state index contributed by atoms with van der Waals surface area (Å²) in [4.78, 5) is 0.357. The Labute approximate surface area is 121 Å². The second kappa shape index (κ2) is 6.24. The minimum atomic E-state index is -3.46. The third-order valence-electron chi connectivity index (χ3n) is 4.22. The zero-order valence-electron chi connectivity index (χ0n) is 12.1. The maximum Gasteiger partial charge on any atom is 0.240 e. The van der Waals surface area contributed by atoms with Crippen molar-refractivity contribution >= 4 is 10.0 Å². The molecule has 0 aliphatic heterocycles. The summed E-state index contributed by atoms with van der Waals surface area (Å²) in [6, 6.07) is 5.44. The smallest absolute Gasteiger partial charge is 0.240 e. The van der Waals surface area contributed by atoms with Crippen LogP contribution in [-0.4, -0.2) is 26.7 Å². The highest BCUT2D eigenvalue weighted by Crippen LogP contribution is 2.31. The Morgan fingerprint density at radius 2 is 1.95 bits per heavy atom. The van der Waals surface area contributed by atoms with E-state index in [-0.39, 0.29) is 18.4 Å². The lowest BCUT2D eigenvalue weighted by Gasteiger charge is -2.18. The van der Waals surface area contributed by atoms with Crippen LogP contribution >= 0.6 is 0 Å². The van der Waals surface area contributed by atoms with E-state index < -0.39 is 10.0 Å². The van der Waals surface area contributed by atoms with Gasteiger partial charge in [0.1, 0.15) is 0 Å². The molecule has 2 atom stereocenters. The van der Waals surface area contributed by atoms with Crippen LogP contribution in [0, 0.1) is 25.7 Å². The van der Waals surface area contributed by atoms with Crippen LogP contribution in [0.1, 0.15) is 30.4 Å². The van der Waals surface area contributed by atoms with Crippen LogP contribution in [0.25, 0.3) is 0 Å². The Balaban J connectivity index is 2.09. The number of nitrogens with one attached hydrogen (secondary N) is 1. The SMILES string of the molecule is Cc1ccc(C)c(S(=O)(=O)NCC2CCCC2CO)c1. The molecule has 112 valence electrons. The molecular weight excluding hydrogens is 274 g/mol. The van der Waals surface area contributed by atoms with Crippen molar-refractivity contribution in [1.29, 1.82) is 0 Å². The van der Waals surface area contributed by atoms with Gasteiger partial charge in [-0.25, -0.2) is 13.1 Å². The number of aliphatic hydroxyl groups is 1. The van der Waals surface area contributed by atoms with Gasteiger partial charge in [0.15, 0.2) is 0 Å². The summed E-state index contributed by atoms with van der Waals surface area (Å²) in [5, 5.41) is 9.29. The maximum absolute atomic E-state index is 12.4. The molecule has 1 aliphatic rings. The fraction of sp³-hybridized carbons (Fsp3) is 0.600. The number of hydrogen-bond donors (Lipinski definition) is 2. The van der Waals surface area contributed by atoms with Crippen LogP contribution in [0.3, 0.4) is 0 Å². The molecule has 0 bridgehead atoms. The van der Waals surface area contributed by atoms with E-state index in [0.29, 0.717) is 11.4 Å². The Bertz CT molecular complexity index is 568. The van der Waals surface area contributed by atoms with Crippen molar-refractivity contribution in [2.24, 2.45) is 11.8 Å². The van der Waals surface area contributed by atoms with E-state index >= 15 is 0 Å². The minimum absolute atomic E-state index is 0.149. The van der Waals surface area contributed by atoms with Crippen LogP contribution in [0.5, 0.6) is 0 Å². The molecule has 0 spiro atoms. The minimum Gasteiger partial charge on any atom is -0.396 e. The molecule has 0 heterocycles. The largest absolute Gasteiger partial charge is 0.396 e. The first kappa shape index (κ1) is 15.5. The van der Waals surface area contributed by atoms with Crippen molar-refractivity contribution in [1.82, 2.24) is 4.72 Å². The van der Waals surface area contributed by atoms with E-state index in [4.69, 9.17) is 0 Å². The molecule has 2 rings (SSSR count). The molecule has 1 aromatic rings. The standard InChI is InChI=1S/C15H23NO3S/c1-11-6-7-12(2)15(8-11)20(18,19)16-9-13-4-3-5-14(13)10-17/h6-8,13-14,16-17H,3-5,9-10H2,1-2H3. The first-order valence-corrected chi connectivity index (χ1v) is 8.60. The lowest BCUT2D eigenvalue weighted by molar-refractivity contribution is 0.195. The fourth-order valence-electron chi connectivity index (χ4n) is 2.91. The van der Waals surface area contributed by atoms with E-state index in [1.807, 2.05) is 19.1 Å². The average molecular weight is 297 g/mol. The third-order valence-corrected chi connectivity index (χ3v) is 5.79. The van der Waals surface area contributed by atoms with Gasteiger partial charge < -0.3 is 5.11 Å². The predicted octanol–water partition coefficient (Wildman–Crippen LogP) is 1.99. The van der Waals surface area contributed by atoms with Gasteiger partial charge in [0.25, 0.3) is 0 Å². The van der Waals surface area contributed by atoms with Crippen molar-refractivity contribution in [2.45, 2.75) is 38.0 Å². The summed E-state index contributed by atoms with van der Waals surface area (Å²) in [5.41, 5.74) is 1.69. The molecule has 1 fully saturated rings. The first-order valence-electron chi connectivity index (χ1n) is 7.12. The number of hydrogen-bond acceptors (Lipinski definition) is 3. The topological polar surface area (TPSA) is 66.4 Å². The Hall–Kier alpha value is -0.910. The molecule has 0 saturated heterocycles. The normalized spacial score (nSPS) is 23.1. The molecular formula is C15H23NO3S. The van der Waals surface area contributed by atoms with Crippen molar-refractivity contribution in [3.63, 3.8) is 0 Å². The van der Waals surface area contributed by atoms with E-state index in [9.17, 15) is 13.5 Å². The number of benzene rings is 1. The molecule has 1 aromatic carbocycles. The highest BCUT2D eigenvalue weighted by atomic mass is 32.2. The molecule has 0 amide bonds. The van der Waals surface area contributed by atoms with Gasteiger partial charge in [-0.3, -0.25) is 0 Å². The summed E-state index contributed by atoms with van der Waals surface area (Å²) in [6.07, 6.45) is 3.05. The van der Waals surface area contributed by atoms with Crippen LogP contribution in [0.4, 0.5) is 0 Å². The van der Waals surface area contributed by atoms with Gasteiger partial charge >= 0.3 is 0 Å². The fourth-order valence-corrected chi connectivity index (χ4v) is 4.34. The molecule has 2 N–H and O–H groups in total. The molecule has 0 aromatic heterocycles. The summed E-state index contributed by atoms with van der Waals surface area (Å²) in [7, 11) is -3.46. The van der Waals surface area contributed by atoms with E-state index in [1.54, 1.807) is 13.0 Å². The van der Waals surface area contributed by atoms with Gasteiger partial charge in [-0.15, -0.1) is 0 Å². The van der Waals surface area contributed by atoms with Gasteiger partial charge in [-0.1, -0.05) is 18.6 Å². The Kier molecular flexibility index (Phi) is 4.83. The van der Waals surface area contributed by atoms with E-state index in [1.165, 1.54) is 0 Å². The highest BCUT2D eigenvalue weighted by molar-refractivity contribution is 7.89. The van der Waals surface area contributed by atoms with Crippen LogP contribution < -0.4 is 4.72 Å². The van der Waals surface area contributed by atoms with Gasteiger partial charge in [-0.2, -0.15) is 0 Å². The van der Waals surface area contributed by atoms with Crippen molar-refractivity contribution in [2.75, 3.05) is 13.2 Å². The van der Waals surface area contributed by atoms with Crippen LogP contribution in [-0.2, 0) is 10.0 Å². The number of rotatable bonds is 5. The van der Waals surface area contributed by atoms with Gasteiger partial charge in [0.05, 0.1) is 4.90 Å². The number of aryl methyl sites for hydroxylation is 2. The van der Waals surface area contributed by atoms with E-state index in [2.05, 4.69) is 4.72 Å². The molecule has 20 heavy (non-hydrogen) atoms. The van der Waals surface area contributed by atoms with Crippen molar-refractivity contribution in [3.05, 3.63) is 29.3 Å². The molecule has 5 heteroatoms. The number of sulfonamides is 1. The molecule has 1 aliphatic carbocycles.